The number of hydrogen-bond donors (Lipinski definition) is 1. The highest BCUT2D eigenvalue weighted by molar-refractivity contribution is 6.20. The van der Waals surface area contributed by atoms with Gasteiger partial charge in [-0.05, 0) is 25.1 Å². The smallest absolute Gasteiger partial charge is 0.356 e. The van der Waals surface area contributed by atoms with Crippen LogP contribution in [0.4, 0.5) is 0 Å². The SMILES string of the molecule is CCOC(=O)C1=CC(CON2C(=O)c3ccccc3C2=O)ON1. The van der Waals surface area contributed by atoms with Gasteiger partial charge in [-0.1, -0.05) is 12.1 Å². The number of esters is 1. The van der Waals surface area contributed by atoms with Gasteiger partial charge >= 0.3 is 5.97 Å². The van der Waals surface area contributed by atoms with E-state index in [9.17, 15) is 14.4 Å². The summed E-state index contributed by atoms with van der Waals surface area (Å²) in [5.41, 5.74) is 3.17. The van der Waals surface area contributed by atoms with Crippen LogP contribution in [0.2, 0.25) is 0 Å². The molecular formula is C15H14N2O6. The monoisotopic (exact) mass is 318 g/mol. The van der Waals surface area contributed by atoms with Gasteiger partial charge in [0.1, 0.15) is 18.4 Å². The minimum absolute atomic E-state index is 0.110. The fourth-order valence-electron chi connectivity index (χ4n) is 2.23. The molecular weight excluding hydrogens is 304 g/mol. The Morgan fingerprint density at radius 3 is 2.52 bits per heavy atom. The Kier molecular flexibility index (Phi) is 4.09. The number of nitrogens with zero attached hydrogens (tertiary/aromatic N) is 1. The van der Waals surface area contributed by atoms with Crippen LogP contribution in [0.1, 0.15) is 27.6 Å². The molecule has 0 saturated carbocycles. The van der Waals surface area contributed by atoms with Crippen molar-refractivity contribution >= 4 is 17.8 Å². The van der Waals surface area contributed by atoms with E-state index in [2.05, 4.69) is 5.48 Å². The second kappa shape index (κ2) is 6.19. The maximum Gasteiger partial charge on any atom is 0.356 e. The predicted molar refractivity (Wildman–Crippen MR) is 75.6 cm³/mol. The van der Waals surface area contributed by atoms with Crippen molar-refractivity contribution in [2.75, 3.05) is 13.2 Å². The first-order chi connectivity index (χ1) is 11.1. The van der Waals surface area contributed by atoms with Crippen molar-refractivity contribution in [3.63, 3.8) is 0 Å². The number of carbonyl (C=O) groups is 3. The van der Waals surface area contributed by atoms with Crippen molar-refractivity contribution in [1.29, 1.82) is 0 Å². The number of hydroxylamine groups is 3. The molecule has 2 aliphatic heterocycles. The molecule has 2 aliphatic rings. The molecule has 1 atom stereocenters. The van der Waals surface area contributed by atoms with Crippen molar-refractivity contribution in [3.8, 4) is 0 Å². The average molecular weight is 318 g/mol. The maximum absolute atomic E-state index is 12.1. The highest BCUT2D eigenvalue weighted by Crippen LogP contribution is 2.23. The maximum atomic E-state index is 12.1. The van der Waals surface area contributed by atoms with E-state index in [4.69, 9.17) is 14.4 Å². The second-order valence-corrected chi connectivity index (χ2v) is 4.81. The summed E-state index contributed by atoms with van der Waals surface area (Å²) in [6, 6.07) is 6.47. The zero-order valence-corrected chi connectivity index (χ0v) is 12.3. The summed E-state index contributed by atoms with van der Waals surface area (Å²) in [6.07, 6.45) is 0.842. The summed E-state index contributed by atoms with van der Waals surface area (Å²) in [7, 11) is 0. The largest absolute Gasteiger partial charge is 0.461 e. The van der Waals surface area contributed by atoms with Crippen LogP contribution in [-0.2, 0) is 19.2 Å². The van der Waals surface area contributed by atoms with Crippen molar-refractivity contribution < 1.29 is 28.8 Å². The molecule has 120 valence electrons. The third-order valence-electron chi connectivity index (χ3n) is 3.29. The lowest BCUT2D eigenvalue weighted by Crippen LogP contribution is -2.33. The van der Waals surface area contributed by atoms with Crippen LogP contribution in [0.3, 0.4) is 0 Å². The summed E-state index contributed by atoms with van der Waals surface area (Å²) in [5, 5.41) is 0.699. The number of nitrogens with one attached hydrogen (secondary N) is 1. The topological polar surface area (TPSA) is 94.2 Å². The number of hydrogen-bond acceptors (Lipinski definition) is 7. The molecule has 1 N–H and O–H groups in total. The van der Waals surface area contributed by atoms with Crippen molar-refractivity contribution in [3.05, 3.63) is 47.2 Å². The molecule has 0 fully saturated rings. The molecule has 3 rings (SSSR count). The van der Waals surface area contributed by atoms with Crippen LogP contribution in [-0.4, -0.2) is 42.2 Å². The summed E-state index contributed by atoms with van der Waals surface area (Å²) in [4.78, 5) is 46.1. The molecule has 8 heteroatoms. The van der Waals surface area contributed by atoms with Gasteiger partial charge in [0.05, 0.1) is 17.7 Å². The Morgan fingerprint density at radius 1 is 1.26 bits per heavy atom. The quantitative estimate of drug-likeness (QED) is 0.626. The van der Waals surface area contributed by atoms with Gasteiger partial charge < -0.3 is 4.74 Å². The predicted octanol–water partition coefficient (Wildman–Crippen LogP) is 0.565. The molecule has 1 unspecified atom stereocenters. The van der Waals surface area contributed by atoms with Crippen molar-refractivity contribution in [1.82, 2.24) is 10.5 Å². The standard InChI is InChI=1S/C15H14N2O6/c1-2-21-15(20)12-7-9(23-16-12)8-22-17-13(18)10-5-3-4-6-11(10)14(17)19/h3-7,9,16H,2,8H2,1H3. The lowest BCUT2D eigenvalue weighted by atomic mass is 10.1. The van der Waals surface area contributed by atoms with Crippen LogP contribution in [0, 0.1) is 0 Å². The van der Waals surface area contributed by atoms with Gasteiger partial charge in [-0.15, -0.1) is 5.06 Å². The average Bonchev–Trinajstić information content (AvgIpc) is 3.12. The summed E-state index contributed by atoms with van der Waals surface area (Å²) in [6.45, 7) is 1.83. The van der Waals surface area contributed by atoms with E-state index in [1.54, 1.807) is 31.2 Å². The minimum Gasteiger partial charge on any atom is -0.461 e. The van der Waals surface area contributed by atoms with Gasteiger partial charge in [0.2, 0.25) is 0 Å². The molecule has 0 radical (unpaired) electrons. The van der Waals surface area contributed by atoms with E-state index < -0.39 is 23.9 Å². The van der Waals surface area contributed by atoms with E-state index in [0.29, 0.717) is 16.2 Å². The van der Waals surface area contributed by atoms with Crippen LogP contribution in [0.5, 0.6) is 0 Å². The Bertz CT molecular complexity index is 664. The minimum atomic E-state index is -0.626. The second-order valence-electron chi connectivity index (χ2n) is 4.81. The summed E-state index contributed by atoms with van der Waals surface area (Å²) < 4.78 is 4.82. The fourth-order valence-corrected chi connectivity index (χ4v) is 2.23. The highest BCUT2D eigenvalue weighted by Gasteiger charge is 2.37. The summed E-state index contributed by atoms with van der Waals surface area (Å²) >= 11 is 0. The fraction of sp³-hybridized carbons (Fsp3) is 0.267. The van der Waals surface area contributed by atoms with Crippen LogP contribution < -0.4 is 5.48 Å². The third-order valence-corrected chi connectivity index (χ3v) is 3.29. The van der Waals surface area contributed by atoms with E-state index in [-0.39, 0.29) is 18.9 Å². The number of imide groups is 1. The van der Waals surface area contributed by atoms with E-state index in [1.807, 2.05) is 0 Å². The molecule has 0 aliphatic carbocycles. The number of ether oxygens (including phenoxy) is 1. The normalized spacial score (nSPS) is 19.4. The number of fused-ring (bicyclic) bond motifs is 1. The number of benzene rings is 1. The van der Waals surface area contributed by atoms with E-state index >= 15 is 0 Å². The Balaban J connectivity index is 1.61. The third kappa shape index (κ3) is 2.81. The molecule has 1 aromatic carbocycles. The zero-order valence-electron chi connectivity index (χ0n) is 12.3. The van der Waals surface area contributed by atoms with Crippen LogP contribution >= 0.6 is 0 Å². The van der Waals surface area contributed by atoms with Gasteiger partial charge in [-0.2, -0.15) is 0 Å². The first-order valence-electron chi connectivity index (χ1n) is 7.03. The molecule has 0 bridgehead atoms. The molecule has 1 aromatic rings. The zero-order chi connectivity index (χ0) is 16.4. The van der Waals surface area contributed by atoms with E-state index in [1.165, 1.54) is 6.08 Å². The molecule has 0 saturated heterocycles. The molecule has 0 aromatic heterocycles. The van der Waals surface area contributed by atoms with E-state index in [0.717, 1.165) is 0 Å². The van der Waals surface area contributed by atoms with Gasteiger partial charge in [0.15, 0.2) is 0 Å². The van der Waals surface area contributed by atoms with Crippen LogP contribution in [0.25, 0.3) is 0 Å². The van der Waals surface area contributed by atoms with Crippen molar-refractivity contribution in [2.45, 2.75) is 13.0 Å². The first-order valence-corrected chi connectivity index (χ1v) is 7.03. The lowest BCUT2D eigenvalue weighted by Gasteiger charge is -2.15. The molecule has 8 nitrogen and oxygen atoms in total. The summed E-state index contributed by atoms with van der Waals surface area (Å²) in [5.74, 6) is -1.59. The number of carbonyl (C=O) groups excluding carboxylic acids is 3. The lowest BCUT2D eigenvalue weighted by molar-refractivity contribution is -0.141. The van der Waals surface area contributed by atoms with Gasteiger partial charge in [-0.25, -0.2) is 4.79 Å². The van der Waals surface area contributed by atoms with Gasteiger partial charge in [0, 0.05) is 0 Å². The highest BCUT2D eigenvalue weighted by atomic mass is 16.7. The Morgan fingerprint density at radius 2 is 1.91 bits per heavy atom. The van der Waals surface area contributed by atoms with Crippen LogP contribution in [0.15, 0.2) is 36.0 Å². The number of rotatable bonds is 5. The van der Waals surface area contributed by atoms with Gasteiger partial charge in [-0.3, -0.25) is 24.7 Å². The molecule has 2 amide bonds. The molecule has 0 spiro atoms. The van der Waals surface area contributed by atoms with Crippen molar-refractivity contribution in [2.24, 2.45) is 0 Å². The molecule has 23 heavy (non-hydrogen) atoms. The molecule has 2 heterocycles. The first kappa shape index (κ1) is 15.2. The Labute approximate surface area is 131 Å². The number of amides is 2. The van der Waals surface area contributed by atoms with Gasteiger partial charge in [0.25, 0.3) is 11.8 Å². The Hall–Kier alpha value is -2.71.